The van der Waals surface area contributed by atoms with Crippen LogP contribution in [0.5, 0.6) is 0 Å². The third-order valence-electron chi connectivity index (χ3n) is 3.57. The molecule has 1 saturated heterocycles. The van der Waals surface area contributed by atoms with E-state index in [4.69, 9.17) is 10.5 Å². The minimum absolute atomic E-state index is 0.0943. The van der Waals surface area contributed by atoms with Crippen molar-refractivity contribution in [2.45, 2.75) is 19.8 Å². The number of nitrogens with two attached hydrogens (primary N) is 1. The smallest absolute Gasteiger partial charge is 0.310 e. The molecule has 0 aliphatic carbocycles. The van der Waals surface area contributed by atoms with E-state index in [1.165, 1.54) is 0 Å². The van der Waals surface area contributed by atoms with Gasteiger partial charge < -0.3 is 15.4 Å². The van der Waals surface area contributed by atoms with Gasteiger partial charge in [-0.3, -0.25) is 9.59 Å². The third kappa shape index (κ3) is 3.75. The molecule has 0 radical (unpaired) electrons. The Morgan fingerprint density at radius 2 is 2.24 bits per heavy atom. The molecule has 1 heterocycles. The fourth-order valence-electron chi connectivity index (χ4n) is 2.47. The zero-order chi connectivity index (χ0) is 15.4. The van der Waals surface area contributed by atoms with Crippen LogP contribution in [0.15, 0.2) is 22.7 Å². The highest BCUT2D eigenvalue weighted by molar-refractivity contribution is 9.10. The highest BCUT2D eigenvalue weighted by atomic mass is 79.9. The van der Waals surface area contributed by atoms with Crippen LogP contribution in [-0.2, 0) is 9.53 Å². The van der Waals surface area contributed by atoms with Crippen LogP contribution in [0.1, 0.15) is 30.1 Å². The summed E-state index contributed by atoms with van der Waals surface area (Å²) in [6.45, 7) is 3.22. The first kappa shape index (κ1) is 15.8. The molecule has 1 amide bonds. The monoisotopic (exact) mass is 354 g/mol. The van der Waals surface area contributed by atoms with Crippen molar-refractivity contribution in [1.29, 1.82) is 0 Å². The second-order valence-corrected chi connectivity index (χ2v) is 5.93. The SMILES string of the molecule is CCOC(=O)C1CCCN(C(=O)c2ccc(Br)c(N)c2)C1. The van der Waals surface area contributed by atoms with Gasteiger partial charge in [-0.1, -0.05) is 0 Å². The van der Waals surface area contributed by atoms with E-state index in [2.05, 4.69) is 15.9 Å². The number of piperidine rings is 1. The average Bonchev–Trinajstić information content (AvgIpc) is 2.49. The standard InChI is InChI=1S/C15H19BrN2O3/c1-2-21-15(20)11-4-3-7-18(9-11)14(19)10-5-6-12(16)13(17)8-10/h5-6,8,11H,2-4,7,9,17H2,1H3. The van der Waals surface area contributed by atoms with Crippen molar-refractivity contribution in [3.05, 3.63) is 28.2 Å². The fourth-order valence-corrected chi connectivity index (χ4v) is 2.72. The molecule has 0 saturated carbocycles. The number of esters is 1. The highest BCUT2D eigenvalue weighted by Gasteiger charge is 2.29. The number of nitrogens with zero attached hydrogens (tertiary/aromatic N) is 1. The minimum Gasteiger partial charge on any atom is -0.466 e. The van der Waals surface area contributed by atoms with Gasteiger partial charge in [-0.2, -0.15) is 0 Å². The molecule has 6 heteroatoms. The van der Waals surface area contributed by atoms with E-state index < -0.39 is 0 Å². The second kappa shape index (κ2) is 6.93. The van der Waals surface area contributed by atoms with E-state index in [9.17, 15) is 9.59 Å². The van der Waals surface area contributed by atoms with E-state index in [1.54, 1.807) is 30.0 Å². The summed E-state index contributed by atoms with van der Waals surface area (Å²) in [6, 6.07) is 5.15. The van der Waals surface area contributed by atoms with Gasteiger partial charge in [-0.05, 0) is 53.9 Å². The van der Waals surface area contributed by atoms with Crippen molar-refractivity contribution in [3.63, 3.8) is 0 Å². The molecule has 2 N–H and O–H groups in total. The number of benzene rings is 1. The molecule has 114 valence electrons. The summed E-state index contributed by atoms with van der Waals surface area (Å²) in [4.78, 5) is 26.0. The van der Waals surface area contributed by atoms with Gasteiger partial charge in [0.25, 0.3) is 5.91 Å². The lowest BCUT2D eigenvalue weighted by Gasteiger charge is -2.31. The number of rotatable bonds is 3. The summed E-state index contributed by atoms with van der Waals surface area (Å²) in [5, 5.41) is 0. The van der Waals surface area contributed by atoms with E-state index in [-0.39, 0.29) is 17.8 Å². The average molecular weight is 355 g/mol. The molecule has 1 aliphatic heterocycles. The molecule has 1 atom stereocenters. The Bertz CT molecular complexity index is 548. The third-order valence-corrected chi connectivity index (χ3v) is 4.29. The fraction of sp³-hybridized carbons (Fsp3) is 0.467. The van der Waals surface area contributed by atoms with Gasteiger partial charge >= 0.3 is 5.97 Å². The molecule has 21 heavy (non-hydrogen) atoms. The van der Waals surface area contributed by atoms with Gasteiger partial charge in [0.05, 0.1) is 12.5 Å². The number of hydrogen-bond acceptors (Lipinski definition) is 4. The lowest BCUT2D eigenvalue weighted by atomic mass is 9.97. The molecular formula is C15H19BrN2O3. The number of carbonyl (C=O) groups is 2. The Balaban J connectivity index is 2.08. The highest BCUT2D eigenvalue weighted by Crippen LogP contribution is 2.23. The number of amides is 1. The zero-order valence-electron chi connectivity index (χ0n) is 12.0. The summed E-state index contributed by atoms with van der Waals surface area (Å²) < 4.78 is 5.81. The maximum Gasteiger partial charge on any atom is 0.310 e. The van der Waals surface area contributed by atoms with Crippen LogP contribution in [0.3, 0.4) is 0 Å². The van der Waals surface area contributed by atoms with Gasteiger partial charge in [0.1, 0.15) is 0 Å². The molecule has 0 aromatic heterocycles. The summed E-state index contributed by atoms with van der Waals surface area (Å²) >= 11 is 3.31. The predicted octanol–water partition coefficient (Wildman–Crippen LogP) is 2.45. The van der Waals surface area contributed by atoms with E-state index >= 15 is 0 Å². The molecule has 1 aliphatic rings. The van der Waals surface area contributed by atoms with Crippen LogP contribution in [0.25, 0.3) is 0 Å². The normalized spacial score (nSPS) is 18.4. The second-order valence-electron chi connectivity index (χ2n) is 5.08. The summed E-state index contributed by atoms with van der Waals surface area (Å²) in [7, 11) is 0. The zero-order valence-corrected chi connectivity index (χ0v) is 13.6. The Hall–Kier alpha value is -1.56. The number of carbonyl (C=O) groups excluding carboxylic acids is 2. The molecule has 1 unspecified atom stereocenters. The van der Waals surface area contributed by atoms with Crippen molar-refractivity contribution >= 4 is 33.5 Å². The molecular weight excluding hydrogens is 336 g/mol. The lowest BCUT2D eigenvalue weighted by Crippen LogP contribution is -2.42. The first-order valence-corrected chi connectivity index (χ1v) is 7.83. The van der Waals surface area contributed by atoms with Crippen molar-refractivity contribution in [2.75, 3.05) is 25.4 Å². The Morgan fingerprint density at radius 3 is 2.90 bits per heavy atom. The van der Waals surface area contributed by atoms with Gasteiger partial charge in [0.15, 0.2) is 0 Å². The summed E-state index contributed by atoms with van der Waals surface area (Å²) in [5.74, 6) is -0.538. The van der Waals surface area contributed by atoms with Crippen molar-refractivity contribution in [3.8, 4) is 0 Å². The molecule has 1 fully saturated rings. The largest absolute Gasteiger partial charge is 0.466 e. The number of halogens is 1. The number of likely N-dealkylation sites (tertiary alicyclic amines) is 1. The van der Waals surface area contributed by atoms with E-state index in [0.717, 1.165) is 17.3 Å². The molecule has 2 rings (SSSR count). The molecule has 0 bridgehead atoms. The first-order chi connectivity index (χ1) is 10.0. The van der Waals surface area contributed by atoms with Crippen LogP contribution in [0, 0.1) is 5.92 Å². The van der Waals surface area contributed by atoms with Crippen molar-refractivity contribution in [2.24, 2.45) is 5.92 Å². The minimum atomic E-state index is -0.226. The molecule has 1 aromatic rings. The molecule has 5 nitrogen and oxygen atoms in total. The van der Waals surface area contributed by atoms with Gasteiger partial charge in [-0.15, -0.1) is 0 Å². The van der Waals surface area contributed by atoms with Gasteiger partial charge in [0, 0.05) is 28.8 Å². The quantitative estimate of drug-likeness (QED) is 0.668. The van der Waals surface area contributed by atoms with Crippen molar-refractivity contribution in [1.82, 2.24) is 4.90 Å². The van der Waals surface area contributed by atoms with Gasteiger partial charge in [0.2, 0.25) is 0 Å². The van der Waals surface area contributed by atoms with Crippen LogP contribution in [0.2, 0.25) is 0 Å². The van der Waals surface area contributed by atoms with Gasteiger partial charge in [-0.25, -0.2) is 0 Å². The summed E-state index contributed by atoms with van der Waals surface area (Å²) in [6.07, 6.45) is 1.58. The van der Waals surface area contributed by atoms with Crippen LogP contribution in [0.4, 0.5) is 5.69 Å². The summed E-state index contributed by atoms with van der Waals surface area (Å²) in [5.41, 5.74) is 6.88. The Kier molecular flexibility index (Phi) is 5.22. The number of nitrogen functional groups attached to an aromatic ring is 1. The number of ether oxygens (including phenoxy) is 1. The molecule has 1 aromatic carbocycles. The van der Waals surface area contributed by atoms with E-state index in [1.807, 2.05) is 0 Å². The van der Waals surface area contributed by atoms with Crippen LogP contribution >= 0.6 is 15.9 Å². The topological polar surface area (TPSA) is 72.6 Å². The lowest BCUT2D eigenvalue weighted by molar-refractivity contribution is -0.149. The van der Waals surface area contributed by atoms with Crippen molar-refractivity contribution < 1.29 is 14.3 Å². The Morgan fingerprint density at radius 1 is 1.48 bits per heavy atom. The first-order valence-electron chi connectivity index (χ1n) is 7.04. The van der Waals surface area contributed by atoms with E-state index in [0.29, 0.717) is 30.9 Å². The number of hydrogen-bond donors (Lipinski definition) is 1. The maximum absolute atomic E-state index is 12.5. The number of anilines is 1. The van der Waals surface area contributed by atoms with Crippen LogP contribution in [-0.4, -0.2) is 36.5 Å². The maximum atomic E-state index is 12.5. The van der Waals surface area contributed by atoms with Crippen LogP contribution < -0.4 is 5.73 Å². The molecule has 0 spiro atoms. The Labute approximate surface area is 132 Å². The predicted molar refractivity (Wildman–Crippen MR) is 83.8 cm³/mol.